The van der Waals surface area contributed by atoms with Crippen molar-refractivity contribution in [2.75, 3.05) is 19.8 Å². The monoisotopic (exact) mass is 263 g/mol. The van der Waals surface area contributed by atoms with Crippen molar-refractivity contribution in [3.63, 3.8) is 0 Å². The zero-order chi connectivity index (χ0) is 13.5. The zero-order valence-electron chi connectivity index (χ0n) is 11.3. The van der Waals surface area contributed by atoms with Crippen LogP contribution in [0.2, 0.25) is 0 Å². The van der Waals surface area contributed by atoms with Crippen molar-refractivity contribution in [2.24, 2.45) is 10.7 Å². The number of rotatable bonds is 4. The number of ether oxygens (including phenoxy) is 2. The van der Waals surface area contributed by atoms with Gasteiger partial charge in [-0.3, -0.25) is 0 Å². The highest BCUT2D eigenvalue weighted by Crippen LogP contribution is 2.33. The second-order valence-electron chi connectivity index (χ2n) is 4.42. The summed E-state index contributed by atoms with van der Waals surface area (Å²) in [5.74, 6) is 2.06. The fourth-order valence-corrected chi connectivity index (χ4v) is 1.86. The van der Waals surface area contributed by atoms with Gasteiger partial charge in [0, 0.05) is 18.5 Å². The van der Waals surface area contributed by atoms with Crippen molar-refractivity contribution in [1.29, 1.82) is 0 Å². The predicted octanol–water partition coefficient (Wildman–Crippen LogP) is 1.66. The van der Waals surface area contributed by atoms with Crippen molar-refractivity contribution in [1.82, 2.24) is 5.32 Å². The number of hydrogen-bond donors (Lipinski definition) is 2. The maximum atomic E-state index is 5.78. The summed E-state index contributed by atoms with van der Waals surface area (Å²) in [6.07, 6.45) is 1.92. The van der Waals surface area contributed by atoms with E-state index in [9.17, 15) is 0 Å². The first kappa shape index (κ1) is 13.5. The van der Waals surface area contributed by atoms with Gasteiger partial charge in [-0.1, -0.05) is 19.1 Å². The third-order valence-corrected chi connectivity index (χ3v) is 2.83. The number of hydrogen-bond acceptors (Lipinski definition) is 3. The minimum Gasteiger partial charge on any atom is -0.490 e. The fourth-order valence-electron chi connectivity index (χ4n) is 1.86. The summed E-state index contributed by atoms with van der Waals surface area (Å²) in [4.78, 5) is 4.32. The van der Waals surface area contributed by atoms with Gasteiger partial charge in [0.1, 0.15) is 0 Å². The highest BCUT2D eigenvalue weighted by molar-refractivity contribution is 5.77. The Kier molecular flexibility index (Phi) is 4.89. The van der Waals surface area contributed by atoms with Crippen molar-refractivity contribution >= 4 is 5.96 Å². The van der Waals surface area contributed by atoms with E-state index in [2.05, 4.69) is 17.2 Å². The molecule has 0 saturated heterocycles. The lowest BCUT2D eigenvalue weighted by Gasteiger charge is -2.11. The lowest BCUT2D eigenvalue weighted by molar-refractivity contribution is 0.296. The Hall–Kier alpha value is -1.91. The van der Waals surface area contributed by atoms with Crippen molar-refractivity contribution in [3.8, 4) is 11.5 Å². The topological polar surface area (TPSA) is 68.9 Å². The number of para-hydroxylation sites is 1. The smallest absolute Gasteiger partial charge is 0.188 e. The molecule has 0 fully saturated rings. The van der Waals surface area contributed by atoms with E-state index in [-0.39, 0.29) is 0 Å². The number of nitrogens with two attached hydrogens (primary N) is 1. The summed E-state index contributed by atoms with van der Waals surface area (Å²) >= 11 is 0. The van der Waals surface area contributed by atoms with Crippen LogP contribution in [0.1, 0.15) is 25.3 Å². The maximum absolute atomic E-state index is 5.78. The van der Waals surface area contributed by atoms with Gasteiger partial charge in [-0.05, 0) is 12.5 Å². The van der Waals surface area contributed by atoms with Crippen LogP contribution >= 0.6 is 0 Å². The molecule has 0 atom stereocenters. The van der Waals surface area contributed by atoms with E-state index in [1.165, 1.54) is 0 Å². The molecule has 0 bridgehead atoms. The highest BCUT2D eigenvalue weighted by Gasteiger charge is 2.13. The lowest BCUT2D eigenvalue weighted by Crippen LogP contribution is -2.32. The van der Waals surface area contributed by atoms with Crippen LogP contribution in [0.15, 0.2) is 23.2 Å². The summed E-state index contributed by atoms with van der Waals surface area (Å²) in [5, 5.41) is 3.05. The predicted molar refractivity (Wildman–Crippen MR) is 75.7 cm³/mol. The Morgan fingerprint density at radius 2 is 2.21 bits per heavy atom. The third kappa shape index (κ3) is 3.77. The van der Waals surface area contributed by atoms with Gasteiger partial charge in [0.25, 0.3) is 0 Å². The SMILES string of the molecule is CCCNC(N)=NCc1cccc2c1OCCCO2. The van der Waals surface area contributed by atoms with Gasteiger partial charge in [-0.15, -0.1) is 0 Å². The Morgan fingerprint density at radius 1 is 1.37 bits per heavy atom. The average molecular weight is 263 g/mol. The summed E-state index contributed by atoms with van der Waals surface area (Å²) in [6.45, 7) is 4.79. The molecule has 0 saturated carbocycles. The number of nitrogens with zero attached hydrogens (tertiary/aromatic N) is 1. The Balaban J connectivity index is 2.08. The van der Waals surface area contributed by atoms with Gasteiger partial charge in [-0.2, -0.15) is 0 Å². The largest absolute Gasteiger partial charge is 0.490 e. The summed E-state index contributed by atoms with van der Waals surface area (Å²) in [6, 6.07) is 5.87. The molecule has 1 aliphatic heterocycles. The molecule has 19 heavy (non-hydrogen) atoms. The molecule has 0 unspecified atom stereocenters. The molecule has 0 aliphatic carbocycles. The molecule has 2 rings (SSSR count). The van der Waals surface area contributed by atoms with Crippen molar-refractivity contribution in [2.45, 2.75) is 26.3 Å². The summed E-state index contributed by atoms with van der Waals surface area (Å²) in [5.41, 5.74) is 6.78. The normalized spacial score (nSPS) is 14.9. The molecule has 104 valence electrons. The molecule has 1 aromatic rings. The van der Waals surface area contributed by atoms with Gasteiger partial charge < -0.3 is 20.5 Å². The molecule has 0 aromatic heterocycles. The van der Waals surface area contributed by atoms with Crippen molar-refractivity contribution < 1.29 is 9.47 Å². The summed E-state index contributed by atoms with van der Waals surface area (Å²) < 4.78 is 11.4. The standard InChI is InChI=1S/C14H21N3O2/c1-2-7-16-14(15)17-10-11-5-3-6-12-13(11)19-9-4-8-18-12/h3,5-6H,2,4,7-10H2,1H3,(H3,15,16,17). The second-order valence-corrected chi connectivity index (χ2v) is 4.42. The molecule has 3 N–H and O–H groups in total. The van der Waals surface area contributed by atoms with Crippen LogP contribution in [0.5, 0.6) is 11.5 Å². The van der Waals surface area contributed by atoms with Gasteiger partial charge >= 0.3 is 0 Å². The van der Waals surface area contributed by atoms with Crippen LogP contribution in [-0.2, 0) is 6.54 Å². The third-order valence-electron chi connectivity index (χ3n) is 2.83. The summed E-state index contributed by atoms with van der Waals surface area (Å²) in [7, 11) is 0. The van der Waals surface area contributed by atoms with E-state index < -0.39 is 0 Å². The number of nitrogens with one attached hydrogen (secondary N) is 1. The first-order valence-corrected chi connectivity index (χ1v) is 6.72. The first-order valence-electron chi connectivity index (χ1n) is 6.72. The van der Waals surface area contributed by atoms with E-state index in [1.54, 1.807) is 0 Å². The molecular formula is C14H21N3O2. The van der Waals surface area contributed by atoms with Gasteiger partial charge in [0.05, 0.1) is 19.8 Å². The van der Waals surface area contributed by atoms with Crippen LogP contribution in [0.3, 0.4) is 0 Å². The molecule has 0 spiro atoms. The Labute approximate surface area is 113 Å². The van der Waals surface area contributed by atoms with Crippen LogP contribution in [0.25, 0.3) is 0 Å². The van der Waals surface area contributed by atoms with Crippen LogP contribution in [0, 0.1) is 0 Å². The van der Waals surface area contributed by atoms with E-state index in [0.29, 0.717) is 25.7 Å². The molecule has 0 radical (unpaired) electrons. The molecule has 5 heteroatoms. The highest BCUT2D eigenvalue weighted by atomic mass is 16.5. The van der Waals surface area contributed by atoms with Crippen LogP contribution in [-0.4, -0.2) is 25.7 Å². The number of aliphatic imine (C=N–C) groups is 1. The Morgan fingerprint density at radius 3 is 3.05 bits per heavy atom. The minimum atomic E-state index is 0.467. The van der Waals surface area contributed by atoms with Gasteiger partial charge in [0.15, 0.2) is 17.5 Å². The van der Waals surface area contributed by atoms with E-state index in [0.717, 1.165) is 36.4 Å². The lowest BCUT2D eigenvalue weighted by atomic mass is 10.2. The van der Waals surface area contributed by atoms with Crippen molar-refractivity contribution in [3.05, 3.63) is 23.8 Å². The molecule has 1 heterocycles. The molecule has 1 aliphatic rings. The Bertz CT molecular complexity index is 446. The fraction of sp³-hybridized carbons (Fsp3) is 0.500. The van der Waals surface area contributed by atoms with E-state index >= 15 is 0 Å². The van der Waals surface area contributed by atoms with Crippen LogP contribution < -0.4 is 20.5 Å². The molecule has 0 amide bonds. The average Bonchev–Trinajstić information content (AvgIpc) is 2.68. The van der Waals surface area contributed by atoms with E-state index in [4.69, 9.17) is 15.2 Å². The number of fused-ring (bicyclic) bond motifs is 1. The number of guanidine groups is 1. The quantitative estimate of drug-likeness (QED) is 0.640. The van der Waals surface area contributed by atoms with Gasteiger partial charge in [-0.25, -0.2) is 4.99 Å². The number of benzene rings is 1. The maximum Gasteiger partial charge on any atom is 0.188 e. The van der Waals surface area contributed by atoms with Gasteiger partial charge in [0.2, 0.25) is 0 Å². The molecule has 1 aromatic carbocycles. The van der Waals surface area contributed by atoms with E-state index in [1.807, 2.05) is 18.2 Å². The minimum absolute atomic E-state index is 0.467. The second kappa shape index (κ2) is 6.87. The first-order chi connectivity index (χ1) is 9.31. The molecule has 5 nitrogen and oxygen atoms in total. The zero-order valence-corrected chi connectivity index (χ0v) is 11.3. The molecular weight excluding hydrogens is 242 g/mol. The van der Waals surface area contributed by atoms with Crippen LogP contribution in [0.4, 0.5) is 0 Å².